The van der Waals surface area contributed by atoms with Crippen molar-refractivity contribution < 1.29 is 9.53 Å². The second-order valence-electron chi connectivity index (χ2n) is 3.16. The zero-order chi connectivity index (χ0) is 8.27. The SMILES string of the molecule is COC(=O)C1CC(C)CCN1.Cl. The van der Waals surface area contributed by atoms with Crippen molar-refractivity contribution in [3.63, 3.8) is 0 Å². The number of carbonyl (C=O) groups is 1. The number of nitrogens with one attached hydrogen (secondary N) is 1. The summed E-state index contributed by atoms with van der Waals surface area (Å²) in [5, 5.41) is 3.13. The van der Waals surface area contributed by atoms with Gasteiger partial charge in [-0.15, -0.1) is 12.4 Å². The van der Waals surface area contributed by atoms with Crippen molar-refractivity contribution in [3.05, 3.63) is 0 Å². The van der Waals surface area contributed by atoms with E-state index in [9.17, 15) is 4.79 Å². The molecule has 1 heterocycles. The van der Waals surface area contributed by atoms with Gasteiger partial charge in [0, 0.05) is 0 Å². The molecule has 1 aliphatic rings. The Bertz CT molecular complexity index is 152. The number of halogens is 1. The maximum absolute atomic E-state index is 11.0. The van der Waals surface area contributed by atoms with Gasteiger partial charge in [-0.1, -0.05) is 6.92 Å². The van der Waals surface area contributed by atoms with Gasteiger partial charge in [0.05, 0.1) is 7.11 Å². The number of hydrogen-bond acceptors (Lipinski definition) is 3. The molecule has 1 N–H and O–H groups in total. The summed E-state index contributed by atoms with van der Waals surface area (Å²) in [6.45, 7) is 3.09. The summed E-state index contributed by atoms with van der Waals surface area (Å²) in [7, 11) is 1.43. The number of rotatable bonds is 1. The largest absolute Gasteiger partial charge is 0.468 e. The number of ether oxygens (including phenoxy) is 1. The predicted molar refractivity (Wildman–Crippen MR) is 49.5 cm³/mol. The molecule has 0 aromatic rings. The summed E-state index contributed by atoms with van der Waals surface area (Å²) in [5.41, 5.74) is 0. The summed E-state index contributed by atoms with van der Waals surface area (Å²) in [6.07, 6.45) is 2.07. The van der Waals surface area contributed by atoms with Gasteiger partial charge < -0.3 is 10.1 Å². The van der Waals surface area contributed by atoms with E-state index < -0.39 is 0 Å². The second kappa shape index (κ2) is 5.38. The van der Waals surface area contributed by atoms with Crippen molar-refractivity contribution in [1.82, 2.24) is 5.32 Å². The molecule has 1 fully saturated rings. The molecule has 4 heteroatoms. The Morgan fingerprint density at radius 3 is 2.75 bits per heavy atom. The summed E-state index contributed by atoms with van der Waals surface area (Å²) in [4.78, 5) is 11.0. The molecule has 0 amide bonds. The van der Waals surface area contributed by atoms with Crippen LogP contribution in [-0.2, 0) is 9.53 Å². The molecule has 0 aliphatic carbocycles. The van der Waals surface area contributed by atoms with Crippen LogP contribution in [0, 0.1) is 5.92 Å². The Morgan fingerprint density at radius 2 is 2.25 bits per heavy atom. The van der Waals surface area contributed by atoms with E-state index in [4.69, 9.17) is 0 Å². The van der Waals surface area contributed by atoms with Gasteiger partial charge in [0.25, 0.3) is 0 Å². The van der Waals surface area contributed by atoms with Gasteiger partial charge in [0.1, 0.15) is 6.04 Å². The average molecular weight is 194 g/mol. The number of methoxy groups -OCH3 is 1. The normalized spacial score (nSPS) is 28.8. The molecular weight excluding hydrogens is 178 g/mol. The number of carbonyl (C=O) groups excluding carboxylic acids is 1. The monoisotopic (exact) mass is 193 g/mol. The number of piperidine rings is 1. The highest BCUT2D eigenvalue weighted by Crippen LogP contribution is 2.15. The van der Waals surface area contributed by atoms with Gasteiger partial charge in [-0.05, 0) is 25.3 Å². The Morgan fingerprint density at radius 1 is 1.58 bits per heavy atom. The fraction of sp³-hybridized carbons (Fsp3) is 0.875. The van der Waals surface area contributed by atoms with E-state index in [2.05, 4.69) is 17.0 Å². The molecule has 2 atom stereocenters. The maximum atomic E-state index is 11.0. The second-order valence-corrected chi connectivity index (χ2v) is 3.16. The molecule has 12 heavy (non-hydrogen) atoms. The van der Waals surface area contributed by atoms with Crippen LogP contribution in [0.3, 0.4) is 0 Å². The van der Waals surface area contributed by atoms with Gasteiger partial charge in [-0.3, -0.25) is 4.79 Å². The van der Waals surface area contributed by atoms with Crippen LogP contribution < -0.4 is 5.32 Å². The van der Waals surface area contributed by atoms with E-state index >= 15 is 0 Å². The van der Waals surface area contributed by atoms with Crippen molar-refractivity contribution in [1.29, 1.82) is 0 Å². The lowest BCUT2D eigenvalue weighted by Gasteiger charge is -2.25. The topological polar surface area (TPSA) is 38.3 Å². The lowest BCUT2D eigenvalue weighted by Crippen LogP contribution is -2.43. The molecule has 1 saturated heterocycles. The van der Waals surface area contributed by atoms with Crippen molar-refractivity contribution in [3.8, 4) is 0 Å². The van der Waals surface area contributed by atoms with E-state index in [0.717, 1.165) is 19.4 Å². The van der Waals surface area contributed by atoms with E-state index in [-0.39, 0.29) is 24.4 Å². The first kappa shape index (κ1) is 11.7. The third kappa shape index (κ3) is 2.99. The molecule has 1 aliphatic heterocycles. The summed E-state index contributed by atoms with van der Waals surface area (Å²) in [5.74, 6) is 0.511. The lowest BCUT2D eigenvalue weighted by molar-refractivity contribution is -0.144. The molecule has 72 valence electrons. The number of hydrogen-bond donors (Lipinski definition) is 1. The van der Waals surface area contributed by atoms with E-state index in [1.165, 1.54) is 7.11 Å². The first-order valence-electron chi connectivity index (χ1n) is 4.05. The zero-order valence-electron chi connectivity index (χ0n) is 7.50. The Labute approximate surface area is 79.3 Å². The highest BCUT2D eigenvalue weighted by Gasteiger charge is 2.24. The van der Waals surface area contributed by atoms with Gasteiger partial charge in [-0.2, -0.15) is 0 Å². The third-order valence-electron chi connectivity index (χ3n) is 2.15. The fourth-order valence-corrected chi connectivity index (χ4v) is 1.43. The van der Waals surface area contributed by atoms with Gasteiger partial charge in [0.15, 0.2) is 0 Å². The lowest BCUT2D eigenvalue weighted by atomic mass is 9.94. The van der Waals surface area contributed by atoms with Crippen molar-refractivity contribution >= 4 is 18.4 Å². The molecule has 0 aromatic heterocycles. The van der Waals surface area contributed by atoms with Crippen LogP contribution in [0.25, 0.3) is 0 Å². The van der Waals surface area contributed by atoms with E-state index in [1.807, 2.05) is 0 Å². The molecule has 0 spiro atoms. The Balaban J connectivity index is 0.00000121. The minimum atomic E-state index is -0.128. The Kier molecular flexibility index (Phi) is 5.25. The van der Waals surface area contributed by atoms with Crippen molar-refractivity contribution in [2.45, 2.75) is 25.8 Å². The molecular formula is C8H16ClNO2. The highest BCUT2D eigenvalue weighted by atomic mass is 35.5. The molecule has 2 unspecified atom stereocenters. The predicted octanol–water partition coefficient (Wildman–Crippen LogP) is 0.969. The minimum Gasteiger partial charge on any atom is -0.468 e. The van der Waals surface area contributed by atoms with E-state index in [1.54, 1.807) is 0 Å². The van der Waals surface area contributed by atoms with Gasteiger partial charge in [0.2, 0.25) is 0 Å². The molecule has 0 radical (unpaired) electrons. The standard InChI is InChI=1S/C8H15NO2.ClH/c1-6-3-4-9-7(5-6)8(10)11-2;/h6-7,9H,3-5H2,1-2H3;1H. The molecule has 3 nitrogen and oxygen atoms in total. The molecule has 0 saturated carbocycles. The number of esters is 1. The summed E-state index contributed by atoms with van der Waals surface area (Å²) >= 11 is 0. The molecule has 1 rings (SSSR count). The molecule has 0 bridgehead atoms. The Hall–Kier alpha value is -0.280. The van der Waals surface area contributed by atoms with Crippen molar-refractivity contribution in [2.24, 2.45) is 5.92 Å². The van der Waals surface area contributed by atoms with Crippen LogP contribution in [0.2, 0.25) is 0 Å². The zero-order valence-corrected chi connectivity index (χ0v) is 8.32. The maximum Gasteiger partial charge on any atom is 0.322 e. The first-order valence-corrected chi connectivity index (χ1v) is 4.05. The van der Waals surface area contributed by atoms with E-state index in [0.29, 0.717) is 5.92 Å². The summed E-state index contributed by atoms with van der Waals surface area (Å²) < 4.78 is 4.64. The first-order chi connectivity index (χ1) is 5.24. The van der Waals surface area contributed by atoms with Crippen LogP contribution in [0.5, 0.6) is 0 Å². The average Bonchev–Trinajstić information content (AvgIpc) is 2.03. The smallest absolute Gasteiger partial charge is 0.322 e. The highest BCUT2D eigenvalue weighted by molar-refractivity contribution is 5.85. The fourth-order valence-electron chi connectivity index (χ4n) is 1.43. The van der Waals surface area contributed by atoms with Crippen LogP contribution in [-0.4, -0.2) is 25.7 Å². The summed E-state index contributed by atoms with van der Waals surface area (Å²) in [6, 6.07) is -0.0660. The van der Waals surface area contributed by atoms with Crippen LogP contribution in [0.1, 0.15) is 19.8 Å². The van der Waals surface area contributed by atoms with Gasteiger partial charge in [-0.25, -0.2) is 0 Å². The van der Waals surface area contributed by atoms with Crippen LogP contribution >= 0.6 is 12.4 Å². The minimum absolute atomic E-state index is 0. The third-order valence-corrected chi connectivity index (χ3v) is 2.15. The van der Waals surface area contributed by atoms with Crippen molar-refractivity contribution in [2.75, 3.05) is 13.7 Å². The van der Waals surface area contributed by atoms with Crippen LogP contribution in [0.15, 0.2) is 0 Å². The quantitative estimate of drug-likeness (QED) is 0.631. The molecule has 0 aromatic carbocycles. The van der Waals surface area contributed by atoms with Crippen LogP contribution in [0.4, 0.5) is 0 Å². The van der Waals surface area contributed by atoms with Gasteiger partial charge >= 0.3 is 5.97 Å².